The number of methoxy groups -OCH3 is 1. The van der Waals surface area contributed by atoms with Gasteiger partial charge in [-0.1, -0.05) is 13.0 Å². The Bertz CT molecular complexity index is 427. The van der Waals surface area contributed by atoms with Crippen molar-refractivity contribution >= 4 is 15.8 Å². The maximum Gasteiger partial charge on any atom is 0.333 e. The smallest absolute Gasteiger partial charge is 0.333 e. The number of hydrogen-bond acceptors (Lipinski definition) is 5. The molecule has 0 aromatic carbocycles. The average Bonchev–Trinajstić information content (AvgIpc) is 2.69. The topological polar surface area (TPSA) is 63.7 Å². The number of carbonyl (C=O) groups excluding carboxylic acids is 1. The highest BCUT2D eigenvalue weighted by molar-refractivity contribution is 7.91. The monoisotopic (exact) mass is 275 g/mol. The lowest BCUT2D eigenvalue weighted by atomic mass is 10.1. The molecule has 0 aromatic rings. The van der Waals surface area contributed by atoms with E-state index in [1.807, 2.05) is 24.9 Å². The summed E-state index contributed by atoms with van der Waals surface area (Å²) in [7, 11) is 0.382. The Kier molecular flexibility index (Phi) is 5.34. The molecule has 0 radical (unpaired) electrons. The number of nitrogens with zero attached hydrogens (tertiary/aromatic N) is 1. The second kappa shape index (κ2) is 6.33. The highest BCUT2D eigenvalue weighted by Gasteiger charge is 2.30. The predicted molar refractivity (Wildman–Crippen MR) is 70.1 cm³/mol. The van der Waals surface area contributed by atoms with Gasteiger partial charge in [-0.15, -0.1) is 0 Å². The largest absolute Gasteiger partial charge is 0.466 e. The molecule has 0 N–H and O–H groups in total. The highest BCUT2D eigenvalue weighted by atomic mass is 32.2. The SMILES string of the molecule is CCC(=CCN(C)C1CCS(=O)(=O)C1)C(=O)OC. The minimum absolute atomic E-state index is 0.0574. The van der Waals surface area contributed by atoms with Crippen molar-refractivity contribution in [2.75, 3.05) is 32.2 Å². The van der Waals surface area contributed by atoms with Crippen LogP contribution in [0.5, 0.6) is 0 Å². The Morgan fingerprint density at radius 2 is 2.17 bits per heavy atom. The van der Waals surface area contributed by atoms with Crippen LogP contribution in [0.15, 0.2) is 11.6 Å². The highest BCUT2D eigenvalue weighted by Crippen LogP contribution is 2.16. The Morgan fingerprint density at radius 3 is 2.61 bits per heavy atom. The van der Waals surface area contributed by atoms with Crippen LogP contribution in [0, 0.1) is 0 Å². The maximum absolute atomic E-state index is 11.4. The molecule has 0 bridgehead atoms. The summed E-state index contributed by atoms with van der Waals surface area (Å²) in [4.78, 5) is 13.4. The predicted octanol–water partition coefficient (Wildman–Crippen LogP) is 0.615. The standard InChI is InChI=1S/C12H21NO4S/c1-4-10(12(14)17-3)5-7-13(2)11-6-8-18(15,16)9-11/h5,11H,4,6-9H2,1-3H3. The Balaban J connectivity index is 2.57. The second-order valence-electron chi connectivity index (χ2n) is 4.57. The van der Waals surface area contributed by atoms with Crippen molar-refractivity contribution in [2.45, 2.75) is 25.8 Å². The summed E-state index contributed by atoms with van der Waals surface area (Å²) in [6, 6.07) is 0.0574. The molecule has 1 unspecified atom stereocenters. The van der Waals surface area contributed by atoms with Gasteiger partial charge in [0.15, 0.2) is 9.84 Å². The summed E-state index contributed by atoms with van der Waals surface area (Å²) in [6.45, 7) is 2.46. The van der Waals surface area contributed by atoms with Crippen molar-refractivity contribution in [1.82, 2.24) is 4.90 Å². The Labute approximate surface area is 109 Å². The fourth-order valence-corrected chi connectivity index (χ4v) is 3.83. The molecule has 1 rings (SSSR count). The van der Waals surface area contributed by atoms with E-state index in [0.29, 0.717) is 25.0 Å². The van der Waals surface area contributed by atoms with Crippen LogP contribution < -0.4 is 0 Å². The van der Waals surface area contributed by atoms with Gasteiger partial charge in [0, 0.05) is 18.2 Å². The molecule has 1 saturated heterocycles. The van der Waals surface area contributed by atoms with Crippen molar-refractivity contribution in [3.63, 3.8) is 0 Å². The average molecular weight is 275 g/mol. The van der Waals surface area contributed by atoms with Crippen LogP contribution in [0.1, 0.15) is 19.8 Å². The summed E-state index contributed by atoms with van der Waals surface area (Å²) in [5.41, 5.74) is 0.630. The molecule has 0 spiro atoms. The molecule has 0 amide bonds. The van der Waals surface area contributed by atoms with Gasteiger partial charge >= 0.3 is 5.97 Å². The van der Waals surface area contributed by atoms with Crippen LogP contribution in [-0.4, -0.2) is 57.5 Å². The van der Waals surface area contributed by atoms with Gasteiger partial charge in [0.2, 0.25) is 0 Å². The Morgan fingerprint density at radius 1 is 1.50 bits per heavy atom. The lowest BCUT2D eigenvalue weighted by molar-refractivity contribution is -0.136. The summed E-state index contributed by atoms with van der Waals surface area (Å²) in [6.07, 6.45) is 3.10. The van der Waals surface area contributed by atoms with Crippen LogP contribution in [0.4, 0.5) is 0 Å². The molecule has 1 atom stereocenters. The van der Waals surface area contributed by atoms with Crippen LogP contribution in [0.2, 0.25) is 0 Å². The van der Waals surface area contributed by atoms with Gasteiger partial charge in [-0.2, -0.15) is 0 Å². The number of sulfone groups is 1. The lowest BCUT2D eigenvalue weighted by Gasteiger charge is -2.21. The first kappa shape index (κ1) is 15.2. The first-order valence-corrected chi connectivity index (χ1v) is 7.89. The molecule has 6 heteroatoms. The molecule has 1 aliphatic rings. The number of rotatable bonds is 5. The van der Waals surface area contributed by atoms with Crippen LogP contribution in [0.3, 0.4) is 0 Å². The van der Waals surface area contributed by atoms with E-state index in [1.165, 1.54) is 7.11 Å². The van der Waals surface area contributed by atoms with Crippen molar-refractivity contribution in [1.29, 1.82) is 0 Å². The van der Waals surface area contributed by atoms with E-state index in [0.717, 1.165) is 0 Å². The molecule has 1 fully saturated rings. The fraction of sp³-hybridized carbons (Fsp3) is 0.750. The van der Waals surface area contributed by atoms with Crippen molar-refractivity contribution in [3.05, 3.63) is 11.6 Å². The number of esters is 1. The zero-order chi connectivity index (χ0) is 13.8. The fourth-order valence-electron chi connectivity index (χ4n) is 2.03. The van der Waals surface area contributed by atoms with Gasteiger partial charge in [-0.05, 0) is 19.9 Å². The second-order valence-corrected chi connectivity index (χ2v) is 6.80. The van der Waals surface area contributed by atoms with E-state index >= 15 is 0 Å². The minimum atomic E-state index is -2.86. The van der Waals surface area contributed by atoms with Crippen molar-refractivity contribution < 1.29 is 17.9 Å². The molecule has 1 aliphatic heterocycles. The first-order chi connectivity index (χ1) is 8.39. The molecule has 0 saturated carbocycles. The summed E-state index contributed by atoms with van der Waals surface area (Å²) in [5, 5.41) is 0. The molecular formula is C12H21NO4S. The molecule has 18 heavy (non-hydrogen) atoms. The summed E-state index contributed by atoms with van der Waals surface area (Å²) >= 11 is 0. The molecular weight excluding hydrogens is 254 g/mol. The van der Waals surface area contributed by atoms with Crippen LogP contribution in [-0.2, 0) is 19.4 Å². The molecule has 104 valence electrons. The number of carbonyl (C=O) groups is 1. The number of hydrogen-bond donors (Lipinski definition) is 0. The third-order valence-corrected chi connectivity index (χ3v) is 5.04. The number of likely N-dealkylation sites (N-methyl/N-ethyl adjacent to an activating group) is 1. The summed E-state index contributed by atoms with van der Waals surface area (Å²) < 4.78 is 27.4. The molecule has 1 heterocycles. The van der Waals surface area contributed by atoms with Gasteiger partial charge in [-0.25, -0.2) is 13.2 Å². The van der Waals surface area contributed by atoms with Gasteiger partial charge in [0.25, 0.3) is 0 Å². The van der Waals surface area contributed by atoms with E-state index in [2.05, 4.69) is 4.74 Å². The molecule has 0 aliphatic carbocycles. The Hall–Kier alpha value is -0.880. The van der Waals surface area contributed by atoms with Gasteiger partial charge in [-0.3, -0.25) is 4.90 Å². The van der Waals surface area contributed by atoms with E-state index in [4.69, 9.17) is 0 Å². The molecule has 5 nitrogen and oxygen atoms in total. The molecule has 0 aromatic heterocycles. The van der Waals surface area contributed by atoms with Gasteiger partial charge in [0.1, 0.15) is 0 Å². The first-order valence-electron chi connectivity index (χ1n) is 6.07. The quantitative estimate of drug-likeness (QED) is 0.543. The lowest BCUT2D eigenvalue weighted by Crippen LogP contribution is -2.33. The van der Waals surface area contributed by atoms with E-state index in [9.17, 15) is 13.2 Å². The zero-order valence-corrected chi connectivity index (χ0v) is 12.0. The van der Waals surface area contributed by atoms with Crippen LogP contribution in [0.25, 0.3) is 0 Å². The van der Waals surface area contributed by atoms with Crippen LogP contribution >= 0.6 is 0 Å². The van der Waals surface area contributed by atoms with Gasteiger partial charge in [0.05, 0.1) is 18.6 Å². The van der Waals surface area contributed by atoms with Crippen molar-refractivity contribution in [3.8, 4) is 0 Å². The third kappa shape index (κ3) is 4.10. The van der Waals surface area contributed by atoms with E-state index in [1.54, 1.807) is 0 Å². The maximum atomic E-state index is 11.4. The van der Waals surface area contributed by atoms with E-state index < -0.39 is 9.84 Å². The number of ether oxygens (including phenoxy) is 1. The van der Waals surface area contributed by atoms with Gasteiger partial charge < -0.3 is 4.74 Å². The normalized spacial score (nSPS) is 23.3. The van der Waals surface area contributed by atoms with E-state index in [-0.39, 0.29) is 23.5 Å². The summed E-state index contributed by atoms with van der Waals surface area (Å²) in [5.74, 6) is 0.172. The third-order valence-electron chi connectivity index (χ3n) is 3.29. The minimum Gasteiger partial charge on any atom is -0.466 e. The van der Waals surface area contributed by atoms with Crippen molar-refractivity contribution in [2.24, 2.45) is 0 Å². The zero-order valence-electron chi connectivity index (χ0n) is 11.2.